The SMILES string of the molecule is CN1CCN(C(=O)/C(C#N)=c2\s/c(=C\c3cn(-c4ccccc4)nc3-c3cccnc3)c(=O)n2Cc2ccccc2)CC1. The Balaban J connectivity index is 1.55. The molecule has 0 saturated carbocycles. The molecule has 43 heavy (non-hydrogen) atoms. The normalized spacial score (nSPS) is 14.9. The van der Waals surface area contributed by atoms with Crippen molar-refractivity contribution in [3.63, 3.8) is 0 Å². The highest BCUT2D eigenvalue weighted by atomic mass is 32.1. The van der Waals surface area contributed by atoms with Crippen LogP contribution in [0.5, 0.6) is 0 Å². The van der Waals surface area contributed by atoms with E-state index >= 15 is 0 Å². The monoisotopic (exact) mass is 587 g/mol. The lowest BCUT2D eigenvalue weighted by molar-refractivity contribution is -0.126. The fourth-order valence-corrected chi connectivity index (χ4v) is 6.13. The van der Waals surface area contributed by atoms with Crippen LogP contribution in [0.4, 0.5) is 0 Å². The largest absolute Gasteiger partial charge is 0.335 e. The molecule has 9 nitrogen and oxygen atoms in total. The Hall–Kier alpha value is -5.11. The quantitative estimate of drug-likeness (QED) is 0.303. The average Bonchev–Trinajstić information content (AvgIpc) is 3.60. The van der Waals surface area contributed by atoms with Crippen molar-refractivity contribution >= 4 is 28.9 Å². The van der Waals surface area contributed by atoms with Crippen molar-refractivity contribution in [1.82, 2.24) is 29.1 Å². The Morgan fingerprint density at radius 3 is 2.40 bits per heavy atom. The van der Waals surface area contributed by atoms with Crippen LogP contribution in [-0.2, 0) is 11.3 Å². The molecule has 6 rings (SSSR count). The van der Waals surface area contributed by atoms with Gasteiger partial charge in [-0.1, -0.05) is 48.5 Å². The number of pyridine rings is 1. The number of para-hydroxylation sites is 1. The van der Waals surface area contributed by atoms with Crippen molar-refractivity contribution in [2.75, 3.05) is 33.2 Å². The maximum absolute atomic E-state index is 14.0. The number of nitriles is 1. The molecule has 0 atom stereocenters. The summed E-state index contributed by atoms with van der Waals surface area (Å²) in [6, 6.07) is 25.2. The number of nitrogens with zero attached hydrogens (tertiary/aromatic N) is 7. The zero-order valence-corrected chi connectivity index (χ0v) is 24.4. The molecule has 0 unspecified atom stereocenters. The van der Waals surface area contributed by atoms with Gasteiger partial charge in [0.25, 0.3) is 11.5 Å². The number of rotatable bonds is 6. The van der Waals surface area contributed by atoms with Crippen molar-refractivity contribution < 1.29 is 4.79 Å². The first-order valence-electron chi connectivity index (χ1n) is 13.9. The number of carbonyl (C=O) groups is 1. The van der Waals surface area contributed by atoms with Gasteiger partial charge in [-0.25, -0.2) is 4.68 Å². The Morgan fingerprint density at radius 1 is 1.00 bits per heavy atom. The Kier molecular flexibility index (Phi) is 8.09. The number of hydrogen-bond acceptors (Lipinski definition) is 7. The highest BCUT2D eigenvalue weighted by molar-refractivity contribution is 7.07. The predicted molar refractivity (Wildman–Crippen MR) is 167 cm³/mol. The summed E-state index contributed by atoms with van der Waals surface area (Å²) in [6.07, 6.45) is 7.11. The van der Waals surface area contributed by atoms with Crippen molar-refractivity contribution in [3.05, 3.63) is 122 Å². The van der Waals surface area contributed by atoms with Gasteiger partial charge in [0.1, 0.15) is 16.4 Å². The van der Waals surface area contributed by atoms with Crippen LogP contribution in [0.3, 0.4) is 0 Å². The van der Waals surface area contributed by atoms with Gasteiger partial charge in [0, 0.05) is 55.9 Å². The van der Waals surface area contributed by atoms with Gasteiger partial charge in [-0.05, 0) is 43.0 Å². The molecule has 0 aliphatic carbocycles. The summed E-state index contributed by atoms with van der Waals surface area (Å²) in [5, 5.41) is 15.1. The number of benzene rings is 2. The second-order valence-corrected chi connectivity index (χ2v) is 11.4. The summed E-state index contributed by atoms with van der Waals surface area (Å²) < 4.78 is 4.08. The van der Waals surface area contributed by atoms with E-state index in [1.165, 1.54) is 0 Å². The third-order valence-electron chi connectivity index (χ3n) is 7.41. The first kappa shape index (κ1) is 28.0. The molecule has 0 radical (unpaired) electrons. The predicted octanol–water partition coefficient (Wildman–Crippen LogP) is 2.48. The molecular weight excluding hydrogens is 558 g/mol. The minimum atomic E-state index is -0.349. The third-order valence-corrected chi connectivity index (χ3v) is 8.54. The molecule has 1 aliphatic rings. The zero-order valence-electron chi connectivity index (χ0n) is 23.6. The van der Waals surface area contributed by atoms with Crippen LogP contribution in [0.2, 0.25) is 0 Å². The molecule has 214 valence electrons. The first-order chi connectivity index (χ1) is 21.0. The molecule has 0 N–H and O–H groups in total. The summed E-state index contributed by atoms with van der Waals surface area (Å²) in [4.78, 5) is 35.8. The van der Waals surface area contributed by atoms with Gasteiger partial charge in [0.05, 0.1) is 16.8 Å². The van der Waals surface area contributed by atoms with E-state index in [2.05, 4.69) is 16.0 Å². The number of thiazole rings is 1. The van der Waals surface area contributed by atoms with Gasteiger partial charge >= 0.3 is 0 Å². The molecule has 0 bridgehead atoms. The van der Waals surface area contributed by atoms with Crippen molar-refractivity contribution in [3.8, 4) is 23.0 Å². The molecule has 1 saturated heterocycles. The lowest BCUT2D eigenvalue weighted by atomic mass is 10.1. The van der Waals surface area contributed by atoms with Crippen LogP contribution < -0.4 is 14.8 Å². The van der Waals surface area contributed by atoms with Crippen molar-refractivity contribution in [2.45, 2.75) is 6.54 Å². The highest BCUT2D eigenvalue weighted by Gasteiger charge is 2.25. The number of piperazine rings is 1. The van der Waals surface area contributed by atoms with Gasteiger partial charge in [-0.2, -0.15) is 10.4 Å². The van der Waals surface area contributed by atoms with Crippen LogP contribution >= 0.6 is 11.3 Å². The summed E-state index contributed by atoms with van der Waals surface area (Å²) in [6.45, 7) is 2.75. The van der Waals surface area contributed by atoms with E-state index in [0.29, 0.717) is 28.0 Å². The molecule has 10 heteroatoms. The minimum Gasteiger partial charge on any atom is -0.335 e. The van der Waals surface area contributed by atoms with Gasteiger partial charge in [0.2, 0.25) is 0 Å². The van der Waals surface area contributed by atoms with Crippen molar-refractivity contribution in [2.24, 2.45) is 0 Å². The Labute approximate surface area is 252 Å². The van der Waals surface area contributed by atoms with Gasteiger partial charge in [-0.3, -0.25) is 19.1 Å². The molecule has 5 aromatic rings. The van der Waals surface area contributed by atoms with E-state index < -0.39 is 0 Å². The van der Waals surface area contributed by atoms with Crippen molar-refractivity contribution in [1.29, 1.82) is 5.26 Å². The maximum Gasteiger partial charge on any atom is 0.269 e. The van der Waals surface area contributed by atoms with E-state index in [0.717, 1.165) is 46.8 Å². The summed E-state index contributed by atoms with van der Waals surface area (Å²) in [5.74, 6) is -0.349. The standard InChI is InChI=1S/C33H29N7O2S/c1-37-15-17-38(18-16-37)31(41)28(20-34)33-39(22-24-9-4-2-5-10-24)32(42)29(43-33)19-26-23-40(27-12-6-3-7-13-27)36-30(26)25-11-8-14-35-21-25/h2-14,19,21,23H,15-18,22H2,1H3/b29-19-,33-28-. The first-order valence-corrected chi connectivity index (χ1v) is 14.8. The molecule has 2 aromatic carbocycles. The number of likely N-dealkylation sites (N-methyl/N-ethyl adjacent to an activating group) is 1. The van der Waals surface area contributed by atoms with E-state index in [4.69, 9.17) is 5.10 Å². The van der Waals surface area contributed by atoms with E-state index in [1.54, 1.807) is 32.6 Å². The third kappa shape index (κ3) is 5.95. The molecule has 3 aromatic heterocycles. The summed E-state index contributed by atoms with van der Waals surface area (Å²) in [5.41, 5.74) is 3.67. The minimum absolute atomic E-state index is 0.0188. The van der Waals surface area contributed by atoms with Crippen LogP contribution in [-0.4, -0.2) is 68.3 Å². The molecule has 1 fully saturated rings. The Bertz CT molecular complexity index is 1970. The molecular formula is C33H29N7O2S. The lowest BCUT2D eigenvalue weighted by Gasteiger charge is -2.32. The number of aromatic nitrogens is 4. The number of carbonyl (C=O) groups excluding carboxylic acids is 1. The average molecular weight is 588 g/mol. The summed E-state index contributed by atoms with van der Waals surface area (Å²) in [7, 11) is 2.01. The van der Waals surface area contributed by atoms with Gasteiger partial charge < -0.3 is 9.80 Å². The molecule has 1 aliphatic heterocycles. The second-order valence-electron chi connectivity index (χ2n) is 10.3. The van der Waals surface area contributed by atoms with E-state index in [1.807, 2.05) is 86.0 Å². The second kappa shape index (κ2) is 12.4. The van der Waals surface area contributed by atoms with E-state index in [9.17, 15) is 14.9 Å². The fourth-order valence-electron chi connectivity index (χ4n) is 5.04. The van der Waals surface area contributed by atoms with Crippen LogP contribution in [0, 0.1) is 11.3 Å². The lowest BCUT2D eigenvalue weighted by Crippen LogP contribution is -2.48. The molecule has 4 heterocycles. The van der Waals surface area contributed by atoms with Gasteiger partial charge in [-0.15, -0.1) is 11.3 Å². The fraction of sp³-hybridized carbons (Fsp3) is 0.182. The molecule has 0 spiro atoms. The topological polar surface area (TPSA) is 100 Å². The molecule has 1 amide bonds. The highest BCUT2D eigenvalue weighted by Crippen LogP contribution is 2.23. The Morgan fingerprint density at radius 2 is 1.72 bits per heavy atom. The summed E-state index contributed by atoms with van der Waals surface area (Å²) >= 11 is 1.16. The smallest absolute Gasteiger partial charge is 0.269 e. The number of hydrogen-bond donors (Lipinski definition) is 0. The van der Waals surface area contributed by atoms with E-state index in [-0.39, 0.29) is 23.6 Å². The number of amides is 1. The van der Waals surface area contributed by atoms with Crippen LogP contribution in [0.15, 0.2) is 96.2 Å². The maximum atomic E-state index is 14.0. The van der Waals surface area contributed by atoms with Gasteiger partial charge in [0.15, 0.2) is 5.57 Å². The van der Waals surface area contributed by atoms with Crippen LogP contribution in [0.1, 0.15) is 11.1 Å². The van der Waals surface area contributed by atoms with Crippen LogP contribution in [0.25, 0.3) is 28.6 Å². The zero-order chi connectivity index (χ0) is 29.8.